The van der Waals surface area contributed by atoms with E-state index in [9.17, 15) is 0 Å². The highest BCUT2D eigenvalue weighted by Gasteiger charge is 2.33. The van der Waals surface area contributed by atoms with E-state index in [0.717, 1.165) is 56.8 Å². The summed E-state index contributed by atoms with van der Waals surface area (Å²) in [4.78, 5) is 0. The molecule has 33 heavy (non-hydrogen) atoms. The summed E-state index contributed by atoms with van der Waals surface area (Å²) in [5.41, 5.74) is 7.87. The molecule has 2 heterocycles. The first-order valence-electron chi connectivity index (χ1n) is 12.8. The molecule has 4 unspecified atom stereocenters. The predicted molar refractivity (Wildman–Crippen MR) is 133 cm³/mol. The smallest absolute Gasteiger partial charge is 0.126 e. The van der Waals surface area contributed by atoms with E-state index in [1.54, 1.807) is 0 Å². The molecule has 2 aliphatic rings. The van der Waals surface area contributed by atoms with Gasteiger partial charge < -0.3 is 18.9 Å². The minimum absolute atomic E-state index is 0.0987. The van der Waals surface area contributed by atoms with Crippen LogP contribution in [0, 0.1) is 0 Å². The van der Waals surface area contributed by atoms with Gasteiger partial charge in [-0.2, -0.15) is 0 Å². The molecule has 2 aromatic carbocycles. The third-order valence-corrected chi connectivity index (χ3v) is 6.91. The van der Waals surface area contributed by atoms with Crippen LogP contribution in [0.5, 0.6) is 11.5 Å². The molecule has 0 bridgehead atoms. The monoisotopic (exact) mass is 452 g/mol. The molecule has 0 aromatic heterocycles. The standard InChI is InChI=1S/C29H40O4/c1-7-22-12-20(13-23(8-2)28(22)32-18(5)26-16-30-26)11-21-14-24(9-3)29(25(10-4)15-21)33-19(6)27-17-31-27/h12-15,18-19,26-27H,7-11,16-17H2,1-6H3. The third kappa shape index (κ3) is 5.73. The molecule has 4 atom stereocenters. The van der Waals surface area contributed by atoms with Crippen molar-refractivity contribution in [3.05, 3.63) is 57.6 Å². The molecular formula is C29H40O4. The van der Waals surface area contributed by atoms with Crippen molar-refractivity contribution in [2.75, 3.05) is 13.2 Å². The second-order valence-corrected chi connectivity index (χ2v) is 9.47. The van der Waals surface area contributed by atoms with Gasteiger partial charge in [0.1, 0.15) is 35.9 Å². The lowest BCUT2D eigenvalue weighted by atomic mass is 9.93. The SMILES string of the molecule is CCc1cc(Cc2cc(CC)c(OC(C)C3CO3)c(CC)c2)cc(CC)c1OC(C)C1CO1. The van der Waals surface area contributed by atoms with Crippen LogP contribution in [0.2, 0.25) is 0 Å². The highest BCUT2D eigenvalue weighted by atomic mass is 16.6. The van der Waals surface area contributed by atoms with Gasteiger partial charge in [-0.1, -0.05) is 52.0 Å². The Morgan fingerprint density at radius 2 is 0.970 bits per heavy atom. The van der Waals surface area contributed by atoms with Crippen molar-refractivity contribution < 1.29 is 18.9 Å². The zero-order chi connectivity index (χ0) is 23.5. The van der Waals surface area contributed by atoms with Gasteiger partial charge in [0.15, 0.2) is 0 Å². The van der Waals surface area contributed by atoms with Crippen molar-refractivity contribution >= 4 is 0 Å². The first-order chi connectivity index (χ1) is 16.0. The summed E-state index contributed by atoms with van der Waals surface area (Å²) in [6.45, 7) is 14.7. The maximum atomic E-state index is 6.39. The van der Waals surface area contributed by atoms with Gasteiger partial charge in [-0.05, 0) is 79.3 Å². The van der Waals surface area contributed by atoms with Crippen LogP contribution < -0.4 is 9.47 Å². The molecular weight excluding hydrogens is 412 g/mol. The fourth-order valence-electron chi connectivity index (χ4n) is 4.62. The highest BCUT2D eigenvalue weighted by Crippen LogP contribution is 2.34. The molecule has 2 saturated heterocycles. The molecule has 2 aliphatic heterocycles. The molecule has 0 N–H and O–H groups in total. The predicted octanol–water partition coefficient (Wildman–Crippen LogP) is 5.86. The first-order valence-corrected chi connectivity index (χ1v) is 12.8. The van der Waals surface area contributed by atoms with Crippen molar-refractivity contribution in [1.29, 1.82) is 0 Å². The normalized spacial score (nSPS) is 20.9. The zero-order valence-electron chi connectivity index (χ0n) is 21.2. The molecule has 180 valence electrons. The second-order valence-electron chi connectivity index (χ2n) is 9.47. The molecule has 0 aliphatic carbocycles. The Balaban J connectivity index is 1.60. The lowest BCUT2D eigenvalue weighted by Crippen LogP contribution is -2.20. The van der Waals surface area contributed by atoms with Gasteiger partial charge in [0, 0.05) is 0 Å². The van der Waals surface area contributed by atoms with Crippen LogP contribution in [-0.2, 0) is 41.6 Å². The zero-order valence-corrected chi connectivity index (χ0v) is 21.2. The maximum Gasteiger partial charge on any atom is 0.126 e. The fourth-order valence-corrected chi connectivity index (χ4v) is 4.62. The maximum absolute atomic E-state index is 6.39. The summed E-state index contributed by atoms with van der Waals surface area (Å²) in [6.07, 6.45) is 5.45. The van der Waals surface area contributed by atoms with Gasteiger partial charge in [0.2, 0.25) is 0 Å². The third-order valence-electron chi connectivity index (χ3n) is 6.91. The molecule has 0 saturated carbocycles. The highest BCUT2D eigenvalue weighted by molar-refractivity contribution is 5.49. The second kappa shape index (κ2) is 10.5. The van der Waals surface area contributed by atoms with Crippen LogP contribution in [0.25, 0.3) is 0 Å². The van der Waals surface area contributed by atoms with Gasteiger partial charge in [0.25, 0.3) is 0 Å². The number of epoxide rings is 2. The van der Waals surface area contributed by atoms with Crippen LogP contribution >= 0.6 is 0 Å². The van der Waals surface area contributed by atoms with Crippen LogP contribution in [-0.4, -0.2) is 37.6 Å². The number of hydrogen-bond donors (Lipinski definition) is 0. The van der Waals surface area contributed by atoms with Gasteiger partial charge in [0.05, 0.1) is 13.2 Å². The summed E-state index contributed by atoms with van der Waals surface area (Å²) in [5.74, 6) is 2.13. The summed E-state index contributed by atoms with van der Waals surface area (Å²) in [7, 11) is 0. The van der Waals surface area contributed by atoms with E-state index < -0.39 is 0 Å². The van der Waals surface area contributed by atoms with Gasteiger partial charge in [-0.3, -0.25) is 0 Å². The Labute approximate surface area is 199 Å². The Morgan fingerprint density at radius 1 is 0.667 bits per heavy atom. The molecule has 2 fully saturated rings. The molecule has 4 nitrogen and oxygen atoms in total. The van der Waals surface area contributed by atoms with Gasteiger partial charge in [-0.15, -0.1) is 0 Å². The molecule has 4 heteroatoms. The van der Waals surface area contributed by atoms with Crippen LogP contribution in [0.1, 0.15) is 74.9 Å². The largest absolute Gasteiger partial charge is 0.487 e. The summed E-state index contributed by atoms with van der Waals surface area (Å²) < 4.78 is 23.7. The molecule has 0 spiro atoms. The number of hydrogen-bond acceptors (Lipinski definition) is 4. The Bertz CT molecular complexity index is 831. The number of ether oxygens (including phenoxy) is 4. The molecule has 4 rings (SSSR count). The number of rotatable bonds is 12. The molecule has 2 aromatic rings. The van der Waals surface area contributed by atoms with E-state index in [4.69, 9.17) is 18.9 Å². The van der Waals surface area contributed by atoms with Crippen LogP contribution in [0.4, 0.5) is 0 Å². The van der Waals surface area contributed by atoms with Crippen LogP contribution in [0.3, 0.4) is 0 Å². The average Bonchev–Trinajstić information content (AvgIpc) is 3.72. The van der Waals surface area contributed by atoms with E-state index in [2.05, 4.69) is 65.8 Å². The molecule has 0 radical (unpaired) electrons. The average molecular weight is 453 g/mol. The van der Waals surface area contributed by atoms with Crippen molar-refractivity contribution in [2.24, 2.45) is 0 Å². The van der Waals surface area contributed by atoms with Crippen molar-refractivity contribution in [1.82, 2.24) is 0 Å². The first kappa shape index (κ1) is 24.1. The van der Waals surface area contributed by atoms with E-state index in [0.29, 0.717) is 0 Å². The Morgan fingerprint density at radius 3 is 1.21 bits per heavy atom. The van der Waals surface area contributed by atoms with Crippen molar-refractivity contribution in [2.45, 2.75) is 98.1 Å². The fraction of sp³-hybridized carbons (Fsp3) is 0.586. The Hall–Kier alpha value is -2.04. The lowest BCUT2D eigenvalue weighted by molar-refractivity contribution is 0.173. The summed E-state index contributed by atoms with van der Waals surface area (Å²) in [6, 6.07) is 9.35. The van der Waals surface area contributed by atoms with E-state index in [-0.39, 0.29) is 24.4 Å². The minimum atomic E-state index is 0.0987. The topological polar surface area (TPSA) is 43.5 Å². The number of aryl methyl sites for hydroxylation is 4. The van der Waals surface area contributed by atoms with E-state index in [1.165, 1.54) is 33.4 Å². The lowest BCUT2D eigenvalue weighted by Gasteiger charge is -2.21. The van der Waals surface area contributed by atoms with Gasteiger partial charge >= 0.3 is 0 Å². The van der Waals surface area contributed by atoms with E-state index >= 15 is 0 Å². The minimum Gasteiger partial charge on any atom is -0.487 e. The van der Waals surface area contributed by atoms with Gasteiger partial charge in [-0.25, -0.2) is 0 Å². The quantitative estimate of drug-likeness (QED) is 0.378. The summed E-state index contributed by atoms with van der Waals surface area (Å²) in [5, 5.41) is 0. The van der Waals surface area contributed by atoms with Crippen LogP contribution in [0.15, 0.2) is 24.3 Å². The Kier molecular flexibility index (Phi) is 7.65. The number of benzene rings is 2. The van der Waals surface area contributed by atoms with Crippen molar-refractivity contribution in [3.63, 3.8) is 0 Å². The van der Waals surface area contributed by atoms with E-state index in [1.807, 2.05) is 0 Å². The van der Waals surface area contributed by atoms with Crippen molar-refractivity contribution in [3.8, 4) is 11.5 Å². The molecule has 0 amide bonds. The summed E-state index contributed by atoms with van der Waals surface area (Å²) >= 11 is 0.